The second-order valence-corrected chi connectivity index (χ2v) is 4.22. The summed E-state index contributed by atoms with van der Waals surface area (Å²) >= 11 is 0. The van der Waals surface area contributed by atoms with Crippen molar-refractivity contribution in [2.24, 2.45) is 10.8 Å². The van der Waals surface area contributed by atoms with E-state index in [1.54, 1.807) is 0 Å². The number of hydrazone groups is 1. The minimum atomic E-state index is 0.460. The van der Waals surface area contributed by atoms with Gasteiger partial charge in [-0.05, 0) is 18.2 Å². The lowest BCUT2D eigenvalue weighted by molar-refractivity contribution is 1.31. The van der Waals surface area contributed by atoms with Crippen LogP contribution in [0.15, 0.2) is 65.9 Å². The van der Waals surface area contributed by atoms with Crippen LogP contribution in [-0.4, -0.2) is 10.8 Å². The average Bonchev–Trinajstić information content (AvgIpc) is 2.90. The van der Waals surface area contributed by atoms with Crippen molar-refractivity contribution in [2.75, 3.05) is 5.43 Å². The maximum atomic E-state index is 6.02. The summed E-state index contributed by atoms with van der Waals surface area (Å²) in [4.78, 5) is 3.18. The lowest BCUT2D eigenvalue weighted by Gasteiger charge is -2.02. The molecule has 0 fully saturated rings. The number of hydrogen-bond donors (Lipinski definition) is 3. The quantitative estimate of drug-likeness (QED) is 0.380. The van der Waals surface area contributed by atoms with Crippen molar-refractivity contribution in [3.63, 3.8) is 0 Å². The molecule has 1 heterocycles. The van der Waals surface area contributed by atoms with E-state index in [0.717, 1.165) is 22.2 Å². The third-order valence-electron chi connectivity index (χ3n) is 2.94. The van der Waals surface area contributed by atoms with E-state index in [0.29, 0.717) is 5.84 Å². The van der Waals surface area contributed by atoms with Crippen LogP contribution in [0.1, 0.15) is 5.56 Å². The van der Waals surface area contributed by atoms with E-state index in [9.17, 15) is 0 Å². The fraction of sp³-hybridized carbons (Fsp3) is 0. The molecule has 0 bridgehead atoms. The SMILES string of the molecule is N/C(=N/Nc1ccccc1)c1c[nH]c2ccccc12. The van der Waals surface area contributed by atoms with Gasteiger partial charge in [0.05, 0.1) is 5.69 Å². The third kappa shape index (κ3) is 2.28. The number of nitrogens with zero attached hydrogens (tertiary/aromatic N) is 1. The van der Waals surface area contributed by atoms with E-state index in [1.807, 2.05) is 60.8 Å². The second-order valence-electron chi connectivity index (χ2n) is 4.22. The van der Waals surface area contributed by atoms with Crippen molar-refractivity contribution in [1.82, 2.24) is 4.98 Å². The predicted molar refractivity (Wildman–Crippen MR) is 79.1 cm³/mol. The molecule has 0 atom stereocenters. The van der Waals surface area contributed by atoms with Gasteiger partial charge in [0.15, 0.2) is 5.84 Å². The fourth-order valence-electron chi connectivity index (χ4n) is 1.98. The molecule has 4 nitrogen and oxygen atoms in total. The fourth-order valence-corrected chi connectivity index (χ4v) is 1.98. The van der Waals surface area contributed by atoms with E-state index < -0.39 is 0 Å². The smallest absolute Gasteiger partial charge is 0.153 e. The van der Waals surface area contributed by atoms with Gasteiger partial charge in [0, 0.05) is 22.7 Å². The Morgan fingerprint density at radius 2 is 1.74 bits per heavy atom. The highest BCUT2D eigenvalue weighted by atomic mass is 15.3. The van der Waals surface area contributed by atoms with E-state index in [-0.39, 0.29) is 0 Å². The minimum Gasteiger partial charge on any atom is -0.382 e. The van der Waals surface area contributed by atoms with Crippen LogP contribution in [0.4, 0.5) is 5.69 Å². The lowest BCUT2D eigenvalue weighted by atomic mass is 10.1. The molecular weight excluding hydrogens is 236 g/mol. The summed E-state index contributed by atoms with van der Waals surface area (Å²) in [5.41, 5.74) is 11.8. The maximum Gasteiger partial charge on any atom is 0.153 e. The van der Waals surface area contributed by atoms with E-state index in [2.05, 4.69) is 15.5 Å². The molecular formula is C15H14N4. The summed E-state index contributed by atoms with van der Waals surface area (Å²) in [5, 5.41) is 5.28. The highest BCUT2D eigenvalue weighted by molar-refractivity contribution is 6.08. The summed E-state index contributed by atoms with van der Waals surface area (Å²) < 4.78 is 0. The van der Waals surface area contributed by atoms with E-state index >= 15 is 0 Å². The predicted octanol–water partition coefficient (Wildman–Crippen LogP) is 2.90. The van der Waals surface area contributed by atoms with Crippen molar-refractivity contribution >= 4 is 22.4 Å². The second kappa shape index (κ2) is 4.86. The molecule has 4 N–H and O–H groups in total. The Bertz CT molecular complexity index is 713. The summed E-state index contributed by atoms with van der Waals surface area (Å²) in [7, 11) is 0. The molecule has 0 aliphatic rings. The van der Waals surface area contributed by atoms with Crippen LogP contribution in [-0.2, 0) is 0 Å². The Labute approximate surface area is 110 Å². The Hall–Kier alpha value is -2.75. The molecule has 1 aromatic heterocycles. The first kappa shape index (κ1) is 11.3. The van der Waals surface area contributed by atoms with Gasteiger partial charge in [-0.15, -0.1) is 0 Å². The van der Waals surface area contributed by atoms with Crippen LogP contribution in [0, 0.1) is 0 Å². The average molecular weight is 250 g/mol. The standard InChI is InChI=1S/C15H14N4/c16-15(19-18-11-6-2-1-3-7-11)13-10-17-14-9-5-4-8-12(13)14/h1-10,17-18H,(H2,16,19). The number of fused-ring (bicyclic) bond motifs is 1. The number of aromatic nitrogens is 1. The summed E-state index contributed by atoms with van der Waals surface area (Å²) in [5.74, 6) is 0.460. The summed E-state index contributed by atoms with van der Waals surface area (Å²) in [6, 6.07) is 17.7. The van der Waals surface area contributed by atoms with Crippen molar-refractivity contribution < 1.29 is 0 Å². The summed E-state index contributed by atoms with van der Waals surface area (Å²) in [6.07, 6.45) is 1.87. The maximum absolute atomic E-state index is 6.02. The molecule has 0 spiro atoms. The number of para-hydroxylation sites is 2. The van der Waals surface area contributed by atoms with E-state index in [4.69, 9.17) is 5.73 Å². The van der Waals surface area contributed by atoms with Crippen LogP contribution >= 0.6 is 0 Å². The van der Waals surface area contributed by atoms with Gasteiger partial charge in [-0.3, -0.25) is 5.43 Å². The van der Waals surface area contributed by atoms with Crippen LogP contribution in [0.3, 0.4) is 0 Å². The van der Waals surface area contributed by atoms with Crippen molar-refractivity contribution in [1.29, 1.82) is 0 Å². The molecule has 0 amide bonds. The van der Waals surface area contributed by atoms with Gasteiger partial charge in [0.2, 0.25) is 0 Å². The molecule has 2 aromatic carbocycles. The Kier molecular flexibility index (Phi) is 2.90. The Balaban J connectivity index is 1.89. The number of rotatable bonds is 3. The highest BCUT2D eigenvalue weighted by Crippen LogP contribution is 2.17. The van der Waals surface area contributed by atoms with E-state index in [1.165, 1.54) is 0 Å². The lowest BCUT2D eigenvalue weighted by Crippen LogP contribution is -2.14. The Morgan fingerprint density at radius 3 is 2.58 bits per heavy atom. The molecule has 0 unspecified atom stereocenters. The van der Waals surface area contributed by atoms with Crippen molar-refractivity contribution in [3.05, 3.63) is 66.4 Å². The number of nitrogens with two attached hydrogens (primary N) is 1. The van der Waals surface area contributed by atoms with Crippen molar-refractivity contribution in [2.45, 2.75) is 0 Å². The van der Waals surface area contributed by atoms with Gasteiger partial charge in [-0.2, -0.15) is 5.10 Å². The number of aromatic amines is 1. The molecule has 0 saturated carbocycles. The highest BCUT2D eigenvalue weighted by Gasteiger charge is 2.06. The normalized spacial score (nSPS) is 11.7. The monoisotopic (exact) mass is 250 g/mol. The number of amidine groups is 1. The molecule has 0 aliphatic heterocycles. The third-order valence-corrected chi connectivity index (χ3v) is 2.94. The molecule has 0 radical (unpaired) electrons. The topological polar surface area (TPSA) is 66.2 Å². The first-order valence-corrected chi connectivity index (χ1v) is 6.05. The van der Waals surface area contributed by atoms with Crippen molar-refractivity contribution in [3.8, 4) is 0 Å². The van der Waals surface area contributed by atoms with Crippen LogP contribution in [0.2, 0.25) is 0 Å². The van der Waals surface area contributed by atoms with Gasteiger partial charge in [0.25, 0.3) is 0 Å². The number of H-pyrrole nitrogens is 1. The zero-order chi connectivity index (χ0) is 13.1. The Morgan fingerprint density at radius 1 is 1.00 bits per heavy atom. The van der Waals surface area contributed by atoms with Gasteiger partial charge in [-0.1, -0.05) is 36.4 Å². The molecule has 4 heteroatoms. The van der Waals surface area contributed by atoms with Gasteiger partial charge < -0.3 is 10.7 Å². The number of hydrogen-bond acceptors (Lipinski definition) is 2. The number of benzene rings is 2. The van der Waals surface area contributed by atoms with Crippen LogP contribution < -0.4 is 11.2 Å². The van der Waals surface area contributed by atoms with Gasteiger partial charge in [0.1, 0.15) is 0 Å². The molecule has 0 aliphatic carbocycles. The molecule has 94 valence electrons. The number of anilines is 1. The van der Waals surface area contributed by atoms with Gasteiger partial charge >= 0.3 is 0 Å². The molecule has 19 heavy (non-hydrogen) atoms. The zero-order valence-corrected chi connectivity index (χ0v) is 10.3. The molecule has 0 saturated heterocycles. The van der Waals surface area contributed by atoms with Gasteiger partial charge in [-0.25, -0.2) is 0 Å². The van der Waals surface area contributed by atoms with Crippen LogP contribution in [0.25, 0.3) is 10.9 Å². The molecule has 3 aromatic rings. The first-order valence-electron chi connectivity index (χ1n) is 6.05. The summed E-state index contributed by atoms with van der Waals surface area (Å²) in [6.45, 7) is 0. The molecule has 3 rings (SSSR count). The van der Waals surface area contributed by atoms with Crippen LogP contribution in [0.5, 0.6) is 0 Å². The first-order chi connectivity index (χ1) is 9.34. The zero-order valence-electron chi connectivity index (χ0n) is 10.3. The number of nitrogens with one attached hydrogen (secondary N) is 2. The minimum absolute atomic E-state index is 0.460. The largest absolute Gasteiger partial charge is 0.382 e.